The molecule has 3 rings (SSSR count). The van der Waals surface area contributed by atoms with Crippen molar-refractivity contribution in [3.05, 3.63) is 0 Å². The molecule has 0 nitrogen and oxygen atoms in total. The fourth-order valence-electron chi connectivity index (χ4n) is 5.63. The molecule has 2 unspecified atom stereocenters. The quantitative estimate of drug-likeness (QED) is 0.440. The second-order valence-electron chi connectivity index (χ2n) is 8.59. The summed E-state index contributed by atoms with van der Waals surface area (Å²) in [6, 6.07) is 0. The van der Waals surface area contributed by atoms with E-state index >= 15 is 0 Å². The fraction of sp³-hybridized carbons (Fsp3) is 1.00. The van der Waals surface area contributed by atoms with Crippen LogP contribution in [-0.2, 0) is 0 Å². The molecule has 0 aromatic carbocycles. The third kappa shape index (κ3) is 4.49. The van der Waals surface area contributed by atoms with Crippen LogP contribution in [0, 0.1) is 17.3 Å². The minimum absolute atomic E-state index is 0.859. The minimum atomic E-state index is 0.859. The maximum absolute atomic E-state index is 1.59. The first-order chi connectivity index (χ1) is 10.4. The normalized spacial score (nSPS) is 35.4. The molecule has 122 valence electrons. The molecule has 0 bridgehead atoms. The van der Waals surface area contributed by atoms with Crippen molar-refractivity contribution in [1.29, 1.82) is 0 Å². The van der Waals surface area contributed by atoms with E-state index in [4.69, 9.17) is 0 Å². The molecule has 21 heavy (non-hydrogen) atoms. The molecule has 3 fully saturated rings. The summed E-state index contributed by atoms with van der Waals surface area (Å²) < 4.78 is 0. The summed E-state index contributed by atoms with van der Waals surface area (Å²) >= 11 is 0. The minimum Gasteiger partial charge on any atom is -0.0533 e. The number of fused-ring (bicyclic) bond motifs is 2. The van der Waals surface area contributed by atoms with Gasteiger partial charge < -0.3 is 0 Å². The smallest absolute Gasteiger partial charge is 0.0266 e. The van der Waals surface area contributed by atoms with E-state index in [1.807, 2.05) is 0 Å². The van der Waals surface area contributed by atoms with Crippen LogP contribution in [0.25, 0.3) is 0 Å². The molecule has 0 heteroatoms. The summed E-state index contributed by atoms with van der Waals surface area (Å²) in [7, 11) is 0. The van der Waals surface area contributed by atoms with E-state index in [0.29, 0.717) is 0 Å². The van der Waals surface area contributed by atoms with Crippen molar-refractivity contribution < 1.29 is 0 Å². The van der Waals surface area contributed by atoms with Gasteiger partial charge >= 0.3 is 0 Å². The monoisotopic (exact) mass is 290 g/mol. The highest BCUT2D eigenvalue weighted by atomic mass is 14.6. The maximum Gasteiger partial charge on any atom is -0.0266 e. The standard InChI is InChI=1S/C21H38/c1-2-4-6-8-10-13-19-14-12-15-20(19)21(17-18-21)16-11-9-7-5-3-1/h19-20H,1-18H2. The van der Waals surface area contributed by atoms with Gasteiger partial charge in [-0.15, -0.1) is 0 Å². The molecule has 2 atom stereocenters. The first-order valence-corrected chi connectivity index (χ1v) is 10.4. The second-order valence-corrected chi connectivity index (χ2v) is 8.59. The summed E-state index contributed by atoms with van der Waals surface area (Å²) in [4.78, 5) is 0. The SMILES string of the molecule is C1CCCCCCC2CCCC2C2(CCCCCC1)CC2. The molecular weight excluding hydrogens is 252 g/mol. The summed E-state index contributed by atoms with van der Waals surface area (Å²) in [5.74, 6) is 2.27. The largest absolute Gasteiger partial charge is 0.0533 e. The highest BCUT2D eigenvalue weighted by Gasteiger charge is 2.51. The fourth-order valence-corrected chi connectivity index (χ4v) is 5.63. The molecule has 3 aliphatic carbocycles. The van der Waals surface area contributed by atoms with Crippen LogP contribution in [0.15, 0.2) is 0 Å². The Morgan fingerprint density at radius 2 is 0.952 bits per heavy atom. The Balaban J connectivity index is 1.51. The molecule has 1 spiro atoms. The van der Waals surface area contributed by atoms with Gasteiger partial charge in [-0.05, 0) is 42.9 Å². The van der Waals surface area contributed by atoms with Gasteiger partial charge in [0.25, 0.3) is 0 Å². The average molecular weight is 291 g/mol. The first kappa shape index (κ1) is 15.9. The van der Waals surface area contributed by atoms with E-state index in [1.54, 1.807) is 51.4 Å². The zero-order valence-electron chi connectivity index (χ0n) is 14.4. The van der Waals surface area contributed by atoms with Crippen molar-refractivity contribution in [3.63, 3.8) is 0 Å². The molecular formula is C21H38. The number of hydrogen-bond acceptors (Lipinski definition) is 0. The van der Waals surface area contributed by atoms with Gasteiger partial charge in [0, 0.05) is 0 Å². The Morgan fingerprint density at radius 3 is 1.57 bits per heavy atom. The number of rotatable bonds is 0. The van der Waals surface area contributed by atoms with Gasteiger partial charge in [-0.3, -0.25) is 0 Å². The van der Waals surface area contributed by atoms with Gasteiger partial charge in [-0.25, -0.2) is 0 Å². The average Bonchev–Trinajstić information content (AvgIpc) is 3.12. The van der Waals surface area contributed by atoms with E-state index in [0.717, 1.165) is 17.3 Å². The van der Waals surface area contributed by atoms with E-state index in [-0.39, 0.29) is 0 Å². The molecule has 0 aromatic rings. The summed E-state index contributed by atoms with van der Waals surface area (Å²) in [5, 5.41) is 0. The lowest BCUT2D eigenvalue weighted by Gasteiger charge is -2.29. The third-order valence-corrected chi connectivity index (χ3v) is 7.09. The van der Waals surface area contributed by atoms with E-state index in [2.05, 4.69) is 0 Å². The Kier molecular flexibility index (Phi) is 6.07. The Bertz CT molecular complexity index is 288. The van der Waals surface area contributed by atoms with Crippen LogP contribution in [0.3, 0.4) is 0 Å². The maximum atomic E-state index is 1.59. The highest BCUT2D eigenvalue weighted by Crippen LogP contribution is 2.62. The number of hydrogen-bond donors (Lipinski definition) is 0. The van der Waals surface area contributed by atoms with Crippen LogP contribution in [0.5, 0.6) is 0 Å². The second kappa shape index (κ2) is 8.02. The Labute approximate surface area is 133 Å². The van der Waals surface area contributed by atoms with E-state index in [1.165, 1.54) is 64.2 Å². The molecule has 3 aliphatic rings. The molecule has 0 saturated heterocycles. The van der Waals surface area contributed by atoms with Gasteiger partial charge in [0.2, 0.25) is 0 Å². The first-order valence-electron chi connectivity index (χ1n) is 10.4. The zero-order chi connectivity index (χ0) is 14.4. The van der Waals surface area contributed by atoms with Gasteiger partial charge in [0.05, 0.1) is 0 Å². The highest BCUT2D eigenvalue weighted by molar-refractivity contribution is 5.02. The van der Waals surface area contributed by atoms with Crippen LogP contribution in [-0.4, -0.2) is 0 Å². The predicted molar refractivity (Wildman–Crippen MR) is 92.5 cm³/mol. The molecule has 0 N–H and O–H groups in total. The molecule has 0 radical (unpaired) electrons. The Morgan fingerprint density at radius 1 is 0.429 bits per heavy atom. The summed E-state index contributed by atoms with van der Waals surface area (Å²) in [5.41, 5.74) is 0.859. The predicted octanol–water partition coefficient (Wildman–Crippen LogP) is 7.27. The summed E-state index contributed by atoms with van der Waals surface area (Å²) in [6.07, 6.45) is 27.8. The van der Waals surface area contributed by atoms with Crippen LogP contribution in [0.2, 0.25) is 0 Å². The van der Waals surface area contributed by atoms with Crippen LogP contribution >= 0.6 is 0 Å². The molecule has 0 amide bonds. The van der Waals surface area contributed by atoms with Crippen LogP contribution < -0.4 is 0 Å². The van der Waals surface area contributed by atoms with Crippen molar-refractivity contribution in [2.45, 2.75) is 116 Å². The molecule has 0 heterocycles. The molecule has 3 saturated carbocycles. The summed E-state index contributed by atoms with van der Waals surface area (Å²) in [6.45, 7) is 0. The van der Waals surface area contributed by atoms with Gasteiger partial charge in [-0.1, -0.05) is 89.9 Å². The van der Waals surface area contributed by atoms with Gasteiger partial charge in [0.1, 0.15) is 0 Å². The van der Waals surface area contributed by atoms with Crippen molar-refractivity contribution in [3.8, 4) is 0 Å². The molecule has 0 aromatic heterocycles. The third-order valence-electron chi connectivity index (χ3n) is 7.09. The molecule has 0 aliphatic heterocycles. The van der Waals surface area contributed by atoms with Gasteiger partial charge in [0.15, 0.2) is 0 Å². The van der Waals surface area contributed by atoms with Crippen molar-refractivity contribution in [2.75, 3.05) is 0 Å². The topological polar surface area (TPSA) is 0 Å². The lowest BCUT2D eigenvalue weighted by atomic mass is 9.76. The zero-order valence-corrected chi connectivity index (χ0v) is 14.4. The lowest BCUT2D eigenvalue weighted by Crippen LogP contribution is -2.20. The van der Waals surface area contributed by atoms with Crippen molar-refractivity contribution in [2.24, 2.45) is 17.3 Å². The van der Waals surface area contributed by atoms with Crippen LogP contribution in [0.1, 0.15) is 116 Å². The van der Waals surface area contributed by atoms with Gasteiger partial charge in [-0.2, -0.15) is 0 Å². The van der Waals surface area contributed by atoms with Crippen LogP contribution in [0.4, 0.5) is 0 Å². The lowest BCUT2D eigenvalue weighted by molar-refractivity contribution is 0.206. The Hall–Kier alpha value is 0. The van der Waals surface area contributed by atoms with E-state index < -0.39 is 0 Å². The van der Waals surface area contributed by atoms with E-state index in [9.17, 15) is 0 Å². The van der Waals surface area contributed by atoms with Crippen molar-refractivity contribution >= 4 is 0 Å². The van der Waals surface area contributed by atoms with Crippen molar-refractivity contribution in [1.82, 2.24) is 0 Å².